The highest BCUT2D eigenvalue weighted by atomic mass is 16.4. The van der Waals surface area contributed by atoms with Crippen molar-refractivity contribution < 1.29 is 20.1 Å². The van der Waals surface area contributed by atoms with Crippen molar-refractivity contribution in [3.63, 3.8) is 0 Å². The van der Waals surface area contributed by atoms with Gasteiger partial charge in [0, 0.05) is 11.8 Å². The van der Waals surface area contributed by atoms with Crippen LogP contribution in [0.15, 0.2) is 18.3 Å². The summed E-state index contributed by atoms with van der Waals surface area (Å²) in [7, 11) is 0. The van der Waals surface area contributed by atoms with E-state index in [4.69, 9.17) is 10.2 Å². The van der Waals surface area contributed by atoms with Crippen LogP contribution in [0.5, 0.6) is 0 Å². The highest BCUT2D eigenvalue weighted by molar-refractivity contribution is 5.71. The average molecular weight is 197 g/mol. The molecule has 76 valence electrons. The predicted molar refractivity (Wildman–Crippen MR) is 47.7 cm³/mol. The van der Waals surface area contributed by atoms with Crippen LogP contribution in [0.2, 0.25) is 0 Å². The van der Waals surface area contributed by atoms with E-state index in [1.807, 2.05) is 0 Å². The fraction of sp³-hybridized carbons (Fsp3) is 0.333. The summed E-state index contributed by atoms with van der Waals surface area (Å²) in [5.74, 6) is 0. The standard InChI is InChI=1S/C9H11NO4/c11-4-7-2-1-6(3-10-7)9(14)8(13)5-12/h1-4,8-9,12-14H,5H2. The number of rotatable bonds is 4. The molecule has 1 heterocycles. The molecule has 14 heavy (non-hydrogen) atoms. The Balaban J connectivity index is 2.80. The van der Waals surface area contributed by atoms with Gasteiger partial charge in [0.2, 0.25) is 0 Å². The van der Waals surface area contributed by atoms with Crippen molar-refractivity contribution in [2.75, 3.05) is 6.61 Å². The van der Waals surface area contributed by atoms with Crippen LogP contribution in [-0.2, 0) is 0 Å². The number of aromatic nitrogens is 1. The number of hydrogen-bond acceptors (Lipinski definition) is 5. The minimum Gasteiger partial charge on any atom is -0.394 e. The Labute approximate surface area is 80.7 Å². The van der Waals surface area contributed by atoms with Gasteiger partial charge in [-0.1, -0.05) is 6.07 Å². The second-order valence-corrected chi connectivity index (χ2v) is 2.83. The zero-order chi connectivity index (χ0) is 10.6. The van der Waals surface area contributed by atoms with Gasteiger partial charge >= 0.3 is 0 Å². The molecular formula is C9H11NO4. The molecule has 0 aliphatic rings. The Kier molecular flexibility index (Phi) is 3.70. The van der Waals surface area contributed by atoms with Gasteiger partial charge in [-0.25, -0.2) is 0 Å². The van der Waals surface area contributed by atoms with E-state index in [2.05, 4.69) is 4.98 Å². The first kappa shape index (κ1) is 10.8. The summed E-state index contributed by atoms with van der Waals surface area (Å²) >= 11 is 0. The first-order valence-electron chi connectivity index (χ1n) is 4.07. The minimum absolute atomic E-state index is 0.249. The van der Waals surface area contributed by atoms with Crippen molar-refractivity contribution in [2.24, 2.45) is 0 Å². The van der Waals surface area contributed by atoms with Crippen molar-refractivity contribution in [2.45, 2.75) is 12.2 Å². The Morgan fingerprint density at radius 1 is 1.43 bits per heavy atom. The van der Waals surface area contributed by atoms with Crippen LogP contribution in [-0.4, -0.2) is 39.3 Å². The zero-order valence-corrected chi connectivity index (χ0v) is 7.37. The van der Waals surface area contributed by atoms with Gasteiger partial charge < -0.3 is 15.3 Å². The second kappa shape index (κ2) is 4.80. The topological polar surface area (TPSA) is 90.7 Å². The van der Waals surface area contributed by atoms with Crippen molar-refractivity contribution in [1.82, 2.24) is 4.98 Å². The van der Waals surface area contributed by atoms with Crippen molar-refractivity contribution in [3.05, 3.63) is 29.6 Å². The van der Waals surface area contributed by atoms with E-state index in [9.17, 15) is 9.90 Å². The van der Waals surface area contributed by atoms with Gasteiger partial charge in [-0.15, -0.1) is 0 Å². The van der Waals surface area contributed by atoms with Gasteiger partial charge in [0.1, 0.15) is 17.9 Å². The highest BCUT2D eigenvalue weighted by Gasteiger charge is 2.17. The maximum Gasteiger partial charge on any atom is 0.168 e. The maximum absolute atomic E-state index is 10.3. The molecule has 5 heteroatoms. The molecule has 3 N–H and O–H groups in total. The minimum atomic E-state index is -1.24. The molecule has 1 aromatic rings. The molecule has 1 rings (SSSR count). The number of hydrogen-bond donors (Lipinski definition) is 3. The third-order valence-electron chi connectivity index (χ3n) is 1.82. The fourth-order valence-corrected chi connectivity index (χ4v) is 0.983. The third-order valence-corrected chi connectivity index (χ3v) is 1.82. The van der Waals surface area contributed by atoms with E-state index in [1.54, 1.807) is 0 Å². The smallest absolute Gasteiger partial charge is 0.168 e. The second-order valence-electron chi connectivity index (χ2n) is 2.83. The molecule has 0 fully saturated rings. The molecule has 0 aliphatic heterocycles. The number of pyridine rings is 1. The Morgan fingerprint density at radius 3 is 2.57 bits per heavy atom. The van der Waals surface area contributed by atoms with E-state index >= 15 is 0 Å². The first-order chi connectivity index (χ1) is 6.69. The lowest BCUT2D eigenvalue weighted by molar-refractivity contribution is -0.0154. The largest absolute Gasteiger partial charge is 0.394 e. The molecule has 0 saturated heterocycles. The van der Waals surface area contributed by atoms with Crippen LogP contribution in [0.3, 0.4) is 0 Å². The SMILES string of the molecule is O=Cc1ccc(C(O)C(O)CO)cn1. The Hall–Kier alpha value is -1.30. The van der Waals surface area contributed by atoms with Crippen LogP contribution >= 0.6 is 0 Å². The van der Waals surface area contributed by atoms with Gasteiger partial charge in [-0.05, 0) is 6.07 Å². The van der Waals surface area contributed by atoms with Gasteiger partial charge in [0.15, 0.2) is 6.29 Å². The summed E-state index contributed by atoms with van der Waals surface area (Å²) in [6.45, 7) is -0.531. The normalized spacial score (nSPS) is 14.8. The van der Waals surface area contributed by atoms with Crippen LogP contribution in [0.4, 0.5) is 0 Å². The number of carbonyl (C=O) groups excluding carboxylic acids is 1. The summed E-state index contributed by atoms with van der Waals surface area (Å²) in [4.78, 5) is 14.0. The first-order valence-corrected chi connectivity index (χ1v) is 4.07. The molecular weight excluding hydrogens is 186 g/mol. The molecule has 0 saturated carbocycles. The lowest BCUT2D eigenvalue weighted by atomic mass is 10.1. The number of aldehydes is 1. The number of aliphatic hydroxyl groups excluding tert-OH is 3. The number of aliphatic hydroxyl groups is 3. The fourth-order valence-electron chi connectivity index (χ4n) is 0.983. The van der Waals surface area contributed by atoms with E-state index in [0.29, 0.717) is 11.8 Å². The predicted octanol–water partition coefficient (Wildman–Crippen LogP) is -0.719. The lowest BCUT2D eigenvalue weighted by Gasteiger charge is -2.15. The maximum atomic E-state index is 10.3. The van der Waals surface area contributed by atoms with Crippen molar-refractivity contribution in [3.8, 4) is 0 Å². The van der Waals surface area contributed by atoms with Gasteiger partial charge in [-0.3, -0.25) is 9.78 Å². The average Bonchev–Trinajstić information content (AvgIpc) is 2.27. The molecule has 0 bridgehead atoms. The summed E-state index contributed by atoms with van der Waals surface area (Å²) < 4.78 is 0. The van der Waals surface area contributed by atoms with E-state index < -0.39 is 18.8 Å². The lowest BCUT2D eigenvalue weighted by Crippen LogP contribution is -2.22. The van der Waals surface area contributed by atoms with E-state index in [1.165, 1.54) is 18.3 Å². The van der Waals surface area contributed by atoms with Crippen LogP contribution in [0.1, 0.15) is 22.2 Å². The van der Waals surface area contributed by atoms with E-state index in [0.717, 1.165) is 0 Å². The summed E-state index contributed by atoms with van der Waals surface area (Å²) in [6, 6.07) is 2.90. The van der Waals surface area contributed by atoms with Gasteiger partial charge in [0.25, 0.3) is 0 Å². The molecule has 1 aromatic heterocycles. The summed E-state index contributed by atoms with van der Waals surface area (Å²) in [5.41, 5.74) is 0.608. The van der Waals surface area contributed by atoms with Crippen molar-refractivity contribution >= 4 is 6.29 Å². The van der Waals surface area contributed by atoms with E-state index in [-0.39, 0.29) is 5.69 Å². The molecule has 5 nitrogen and oxygen atoms in total. The molecule has 2 atom stereocenters. The summed E-state index contributed by atoms with van der Waals surface area (Å²) in [6.07, 6.45) is -0.557. The van der Waals surface area contributed by atoms with Crippen molar-refractivity contribution in [1.29, 1.82) is 0 Å². The molecule has 0 spiro atoms. The number of nitrogens with zero attached hydrogens (tertiary/aromatic N) is 1. The van der Waals surface area contributed by atoms with Crippen LogP contribution in [0.25, 0.3) is 0 Å². The van der Waals surface area contributed by atoms with Gasteiger partial charge in [-0.2, -0.15) is 0 Å². The molecule has 0 radical (unpaired) electrons. The van der Waals surface area contributed by atoms with Gasteiger partial charge in [0.05, 0.1) is 6.61 Å². The Bertz CT molecular complexity index is 298. The monoisotopic (exact) mass is 197 g/mol. The molecule has 2 unspecified atom stereocenters. The molecule has 0 amide bonds. The summed E-state index contributed by atoms with van der Waals surface area (Å²) in [5, 5.41) is 27.1. The quantitative estimate of drug-likeness (QED) is 0.554. The zero-order valence-electron chi connectivity index (χ0n) is 7.37. The van der Waals surface area contributed by atoms with Crippen LogP contribution in [0, 0.1) is 0 Å². The van der Waals surface area contributed by atoms with Crippen LogP contribution < -0.4 is 0 Å². The Morgan fingerprint density at radius 2 is 2.14 bits per heavy atom. The molecule has 0 aliphatic carbocycles. The number of carbonyl (C=O) groups is 1. The third kappa shape index (κ3) is 2.35. The highest BCUT2D eigenvalue weighted by Crippen LogP contribution is 2.15. The molecule has 0 aromatic carbocycles.